The zero-order valence-electron chi connectivity index (χ0n) is 18.8. The highest BCUT2D eigenvalue weighted by Gasteiger charge is 2.13. The Morgan fingerprint density at radius 1 is 1.12 bits per heavy atom. The summed E-state index contributed by atoms with van der Waals surface area (Å²) < 4.78 is 7.68. The second-order valence-electron chi connectivity index (χ2n) is 7.60. The Hall–Kier alpha value is -3.29. The summed E-state index contributed by atoms with van der Waals surface area (Å²) in [6.45, 7) is 3.39. The van der Waals surface area contributed by atoms with Gasteiger partial charge in [-0.1, -0.05) is 54.6 Å². The number of halogens is 1. The Bertz CT molecular complexity index is 1270. The summed E-state index contributed by atoms with van der Waals surface area (Å²) in [5, 5.41) is 5.55. The molecule has 0 aliphatic heterocycles. The molecule has 3 aromatic carbocycles. The molecule has 0 radical (unpaired) electrons. The Morgan fingerprint density at radius 2 is 1.88 bits per heavy atom. The van der Waals surface area contributed by atoms with Crippen LogP contribution in [0.25, 0.3) is 11.0 Å². The van der Waals surface area contributed by atoms with Gasteiger partial charge in [0.1, 0.15) is 5.75 Å². The van der Waals surface area contributed by atoms with Crippen LogP contribution in [0.2, 0.25) is 5.02 Å². The van der Waals surface area contributed by atoms with Crippen molar-refractivity contribution in [2.75, 3.05) is 12.4 Å². The van der Waals surface area contributed by atoms with Gasteiger partial charge in [0.05, 0.1) is 36.2 Å². The van der Waals surface area contributed by atoms with Gasteiger partial charge in [-0.25, -0.2) is 10.4 Å². The van der Waals surface area contributed by atoms with Crippen LogP contribution in [0, 0.1) is 0 Å². The molecule has 0 unspecified atom stereocenters. The number of hydrazone groups is 1. The van der Waals surface area contributed by atoms with Crippen molar-refractivity contribution in [3.8, 4) is 5.75 Å². The second kappa shape index (κ2) is 11.7. The van der Waals surface area contributed by atoms with Crippen molar-refractivity contribution < 1.29 is 9.53 Å². The highest BCUT2D eigenvalue weighted by molar-refractivity contribution is 7.99. The predicted octanol–water partition coefficient (Wildman–Crippen LogP) is 5.77. The number of fused-ring (bicyclic) bond motifs is 1. The minimum atomic E-state index is -0.200. The number of hydrogen-bond donors (Lipinski definition) is 1. The number of rotatable bonds is 10. The minimum absolute atomic E-state index is 0.199. The molecule has 0 aliphatic rings. The predicted molar refractivity (Wildman–Crippen MR) is 139 cm³/mol. The summed E-state index contributed by atoms with van der Waals surface area (Å²) in [5.41, 5.74) is 6.48. The van der Waals surface area contributed by atoms with Crippen LogP contribution in [0.3, 0.4) is 0 Å². The minimum Gasteiger partial charge on any atom is -0.494 e. The van der Waals surface area contributed by atoms with Gasteiger partial charge >= 0.3 is 0 Å². The Labute approximate surface area is 208 Å². The van der Waals surface area contributed by atoms with Crippen LogP contribution in [-0.4, -0.2) is 34.0 Å². The van der Waals surface area contributed by atoms with E-state index in [2.05, 4.69) is 22.0 Å². The first-order valence-electron chi connectivity index (χ1n) is 11.0. The van der Waals surface area contributed by atoms with Crippen LogP contribution < -0.4 is 10.2 Å². The van der Waals surface area contributed by atoms with Crippen molar-refractivity contribution in [1.82, 2.24) is 15.0 Å². The number of nitrogens with one attached hydrogen (secondary N) is 1. The third-order valence-electron chi connectivity index (χ3n) is 4.96. The van der Waals surface area contributed by atoms with Crippen molar-refractivity contribution >= 4 is 46.5 Å². The highest BCUT2D eigenvalue weighted by atomic mass is 35.5. The maximum atomic E-state index is 12.4. The lowest BCUT2D eigenvalue weighted by molar-refractivity contribution is -0.118. The van der Waals surface area contributed by atoms with E-state index in [0.29, 0.717) is 18.2 Å². The molecule has 1 heterocycles. The Balaban J connectivity index is 1.37. The van der Waals surface area contributed by atoms with Crippen molar-refractivity contribution in [2.24, 2.45) is 5.10 Å². The number of ether oxygens (including phenoxy) is 1. The number of carbonyl (C=O) groups is 1. The van der Waals surface area contributed by atoms with E-state index in [1.165, 1.54) is 11.8 Å². The Morgan fingerprint density at radius 3 is 2.65 bits per heavy atom. The molecule has 0 aliphatic carbocycles. The summed E-state index contributed by atoms with van der Waals surface area (Å²) in [7, 11) is 0. The largest absolute Gasteiger partial charge is 0.494 e. The number of para-hydroxylation sites is 2. The van der Waals surface area contributed by atoms with Crippen molar-refractivity contribution in [3.63, 3.8) is 0 Å². The molecule has 8 heteroatoms. The van der Waals surface area contributed by atoms with Crippen LogP contribution in [0.15, 0.2) is 83.1 Å². The summed E-state index contributed by atoms with van der Waals surface area (Å²) in [6.07, 6.45) is 2.58. The fraction of sp³-hybridized carbons (Fsp3) is 0.192. The Kier molecular flexibility index (Phi) is 8.22. The summed E-state index contributed by atoms with van der Waals surface area (Å²) in [5.74, 6) is 0.820. The van der Waals surface area contributed by atoms with E-state index in [9.17, 15) is 4.79 Å². The van der Waals surface area contributed by atoms with Crippen LogP contribution >= 0.6 is 23.4 Å². The molecule has 6 nitrogen and oxygen atoms in total. The molecule has 4 rings (SSSR count). The number of aromatic nitrogens is 2. The molecule has 0 fully saturated rings. The molecule has 1 N–H and O–H groups in total. The zero-order valence-corrected chi connectivity index (χ0v) is 20.4. The van der Waals surface area contributed by atoms with Crippen LogP contribution in [-0.2, 0) is 11.3 Å². The number of amides is 1. The fourth-order valence-electron chi connectivity index (χ4n) is 3.30. The van der Waals surface area contributed by atoms with E-state index in [0.717, 1.165) is 39.5 Å². The first-order chi connectivity index (χ1) is 16.6. The summed E-state index contributed by atoms with van der Waals surface area (Å²) >= 11 is 7.41. The molecule has 0 bridgehead atoms. The third-order valence-corrected chi connectivity index (χ3v) is 6.19. The van der Waals surface area contributed by atoms with Crippen molar-refractivity contribution in [2.45, 2.75) is 25.0 Å². The standard InChI is InChI=1S/C26H25ClN4O2S/c1-2-15-33-22-13-9-19(10-14-22)16-28-30-25(32)18-34-26-29-23-5-3-4-6-24(23)31(26)17-20-7-11-21(27)12-8-20/h3-14,16H,2,15,17-18H2,1H3,(H,30,32). The van der Waals surface area contributed by atoms with E-state index in [1.54, 1.807) is 6.21 Å². The van der Waals surface area contributed by atoms with Gasteiger partial charge in [-0.15, -0.1) is 0 Å². The van der Waals surface area contributed by atoms with Gasteiger partial charge in [0.25, 0.3) is 5.91 Å². The number of nitrogens with zero attached hydrogens (tertiary/aromatic N) is 3. The smallest absolute Gasteiger partial charge is 0.250 e. The van der Waals surface area contributed by atoms with Gasteiger partial charge in [0.15, 0.2) is 5.16 Å². The molecule has 1 aromatic heterocycles. The molecular weight excluding hydrogens is 468 g/mol. The van der Waals surface area contributed by atoms with Crippen LogP contribution in [0.1, 0.15) is 24.5 Å². The number of benzene rings is 3. The van der Waals surface area contributed by atoms with Gasteiger partial charge < -0.3 is 9.30 Å². The SMILES string of the molecule is CCCOc1ccc(C=NNC(=O)CSc2nc3ccccc3n2Cc2ccc(Cl)cc2)cc1. The maximum absolute atomic E-state index is 12.4. The van der Waals surface area contributed by atoms with Gasteiger partial charge in [-0.2, -0.15) is 5.10 Å². The average Bonchev–Trinajstić information content (AvgIpc) is 3.21. The van der Waals surface area contributed by atoms with Crippen molar-refractivity contribution in [3.05, 3.63) is 88.9 Å². The molecule has 1 amide bonds. The number of imidazole rings is 1. The molecule has 174 valence electrons. The van der Waals surface area contributed by atoms with E-state index in [1.807, 2.05) is 72.8 Å². The lowest BCUT2D eigenvalue weighted by atomic mass is 10.2. The quantitative estimate of drug-likeness (QED) is 0.173. The molecule has 0 spiro atoms. The lowest BCUT2D eigenvalue weighted by Gasteiger charge is -2.09. The van der Waals surface area contributed by atoms with Gasteiger partial charge in [0.2, 0.25) is 0 Å². The van der Waals surface area contributed by atoms with E-state index in [-0.39, 0.29) is 11.7 Å². The van der Waals surface area contributed by atoms with E-state index < -0.39 is 0 Å². The molecule has 0 saturated heterocycles. The fourth-order valence-corrected chi connectivity index (χ4v) is 4.23. The van der Waals surface area contributed by atoms with Crippen LogP contribution in [0.5, 0.6) is 5.75 Å². The van der Waals surface area contributed by atoms with Gasteiger partial charge in [-0.05, 0) is 66.1 Å². The zero-order chi connectivity index (χ0) is 23.8. The average molecular weight is 493 g/mol. The van der Waals surface area contributed by atoms with Crippen LogP contribution in [0.4, 0.5) is 0 Å². The topological polar surface area (TPSA) is 68.5 Å². The summed E-state index contributed by atoms with van der Waals surface area (Å²) in [6, 6.07) is 23.3. The second-order valence-corrected chi connectivity index (χ2v) is 8.97. The lowest BCUT2D eigenvalue weighted by Crippen LogP contribution is -2.20. The monoisotopic (exact) mass is 492 g/mol. The normalized spacial score (nSPS) is 11.2. The maximum Gasteiger partial charge on any atom is 0.250 e. The highest BCUT2D eigenvalue weighted by Crippen LogP contribution is 2.25. The molecule has 34 heavy (non-hydrogen) atoms. The first kappa shape index (κ1) is 23.9. The van der Waals surface area contributed by atoms with Gasteiger partial charge in [-0.3, -0.25) is 4.79 Å². The van der Waals surface area contributed by atoms with Gasteiger partial charge in [0, 0.05) is 5.02 Å². The molecular formula is C26H25ClN4O2S. The van der Waals surface area contributed by atoms with E-state index in [4.69, 9.17) is 21.3 Å². The molecule has 0 atom stereocenters. The number of thioether (sulfide) groups is 1. The molecule has 0 saturated carbocycles. The summed E-state index contributed by atoms with van der Waals surface area (Å²) in [4.78, 5) is 17.1. The van der Waals surface area contributed by atoms with E-state index >= 15 is 0 Å². The number of carbonyl (C=O) groups excluding carboxylic acids is 1. The van der Waals surface area contributed by atoms with Crippen molar-refractivity contribution in [1.29, 1.82) is 0 Å². The number of hydrogen-bond acceptors (Lipinski definition) is 5. The first-order valence-corrected chi connectivity index (χ1v) is 12.4. The third kappa shape index (κ3) is 6.40. The molecule has 4 aromatic rings.